The van der Waals surface area contributed by atoms with Crippen LogP contribution in [0.5, 0.6) is 0 Å². The largest absolute Gasteiger partial charge is 0.416 e. The third-order valence-electron chi connectivity index (χ3n) is 4.22. The number of piperidine rings is 1. The quantitative estimate of drug-likeness (QED) is 0.866. The standard InChI is InChI=1S/C17H23F3N2O/c1-2-4-15(22-16(23)12-7-9-21-10-8-12)13-5-3-6-14(11-13)17(18,19)20/h3,5-6,11-12,15,21H,2,4,7-10H2,1H3,(H,22,23). The van der Waals surface area contributed by atoms with Gasteiger partial charge in [-0.3, -0.25) is 4.79 Å². The minimum atomic E-state index is -4.37. The molecule has 2 rings (SSSR count). The Morgan fingerprint density at radius 1 is 1.35 bits per heavy atom. The first-order valence-corrected chi connectivity index (χ1v) is 8.10. The van der Waals surface area contributed by atoms with Gasteiger partial charge in [-0.25, -0.2) is 0 Å². The lowest BCUT2D eigenvalue weighted by molar-refractivity contribution is -0.137. The van der Waals surface area contributed by atoms with E-state index in [0.29, 0.717) is 12.0 Å². The molecule has 1 fully saturated rings. The molecule has 0 aromatic heterocycles. The summed E-state index contributed by atoms with van der Waals surface area (Å²) in [5, 5.41) is 6.15. The van der Waals surface area contributed by atoms with E-state index in [0.717, 1.165) is 44.5 Å². The van der Waals surface area contributed by atoms with Crippen molar-refractivity contribution >= 4 is 5.91 Å². The molecule has 0 radical (unpaired) electrons. The zero-order chi connectivity index (χ0) is 16.9. The van der Waals surface area contributed by atoms with Crippen molar-refractivity contribution in [2.45, 2.75) is 44.8 Å². The van der Waals surface area contributed by atoms with Crippen molar-refractivity contribution in [2.24, 2.45) is 5.92 Å². The number of hydrogen-bond acceptors (Lipinski definition) is 2. The molecule has 1 aromatic carbocycles. The summed E-state index contributed by atoms with van der Waals surface area (Å²) < 4.78 is 38.6. The Balaban J connectivity index is 2.12. The smallest absolute Gasteiger partial charge is 0.349 e. The van der Waals surface area contributed by atoms with Crippen LogP contribution in [0, 0.1) is 5.92 Å². The molecule has 0 aliphatic carbocycles. The van der Waals surface area contributed by atoms with E-state index in [2.05, 4.69) is 10.6 Å². The Hall–Kier alpha value is -1.56. The Labute approximate surface area is 134 Å². The number of carbonyl (C=O) groups is 1. The van der Waals surface area contributed by atoms with Gasteiger partial charge in [-0.05, 0) is 50.0 Å². The summed E-state index contributed by atoms with van der Waals surface area (Å²) in [5.74, 6) is -0.108. The van der Waals surface area contributed by atoms with E-state index in [9.17, 15) is 18.0 Å². The second kappa shape index (κ2) is 7.81. The van der Waals surface area contributed by atoms with E-state index < -0.39 is 11.7 Å². The van der Waals surface area contributed by atoms with Crippen LogP contribution in [0.15, 0.2) is 24.3 Å². The fourth-order valence-corrected chi connectivity index (χ4v) is 2.92. The van der Waals surface area contributed by atoms with Gasteiger partial charge in [0.05, 0.1) is 11.6 Å². The zero-order valence-electron chi connectivity index (χ0n) is 13.2. The highest BCUT2D eigenvalue weighted by molar-refractivity contribution is 5.79. The summed E-state index contributed by atoms with van der Waals surface area (Å²) in [6.45, 7) is 3.57. The third kappa shape index (κ3) is 4.96. The van der Waals surface area contributed by atoms with Crippen LogP contribution in [0.4, 0.5) is 13.2 Å². The van der Waals surface area contributed by atoms with Gasteiger partial charge in [-0.15, -0.1) is 0 Å². The lowest BCUT2D eigenvalue weighted by Gasteiger charge is -2.26. The first kappa shape index (κ1) is 17.8. The fourth-order valence-electron chi connectivity index (χ4n) is 2.92. The molecule has 2 N–H and O–H groups in total. The Bertz CT molecular complexity index is 525. The monoisotopic (exact) mass is 328 g/mol. The topological polar surface area (TPSA) is 41.1 Å². The minimum absolute atomic E-state index is 0.0534. The molecular formula is C17H23F3N2O. The number of alkyl halides is 3. The molecule has 1 atom stereocenters. The fraction of sp³-hybridized carbons (Fsp3) is 0.588. The lowest BCUT2D eigenvalue weighted by atomic mass is 9.95. The minimum Gasteiger partial charge on any atom is -0.349 e. The molecule has 1 heterocycles. The zero-order valence-corrected chi connectivity index (χ0v) is 13.2. The third-order valence-corrected chi connectivity index (χ3v) is 4.22. The highest BCUT2D eigenvalue weighted by Crippen LogP contribution is 2.31. The number of nitrogens with one attached hydrogen (secondary N) is 2. The van der Waals surface area contributed by atoms with Crippen LogP contribution in [0.1, 0.15) is 49.8 Å². The van der Waals surface area contributed by atoms with Crippen LogP contribution < -0.4 is 10.6 Å². The second-order valence-corrected chi connectivity index (χ2v) is 6.00. The molecule has 1 aromatic rings. The normalized spacial score (nSPS) is 17.7. The van der Waals surface area contributed by atoms with Crippen molar-refractivity contribution in [3.63, 3.8) is 0 Å². The van der Waals surface area contributed by atoms with Crippen molar-refractivity contribution in [2.75, 3.05) is 13.1 Å². The summed E-state index contributed by atoms with van der Waals surface area (Å²) in [4.78, 5) is 12.4. The number of amides is 1. The molecule has 1 aliphatic rings. The van der Waals surface area contributed by atoms with Gasteiger partial charge >= 0.3 is 6.18 Å². The molecule has 1 unspecified atom stereocenters. The highest BCUT2D eigenvalue weighted by Gasteiger charge is 2.31. The van der Waals surface area contributed by atoms with Gasteiger partial charge in [0.25, 0.3) is 0 Å². The molecule has 0 saturated carbocycles. The van der Waals surface area contributed by atoms with Crippen LogP contribution in [0.3, 0.4) is 0 Å². The van der Waals surface area contributed by atoms with Gasteiger partial charge in [0.15, 0.2) is 0 Å². The molecule has 128 valence electrons. The highest BCUT2D eigenvalue weighted by atomic mass is 19.4. The van der Waals surface area contributed by atoms with E-state index in [1.165, 1.54) is 6.07 Å². The second-order valence-electron chi connectivity index (χ2n) is 6.00. The van der Waals surface area contributed by atoms with Crippen molar-refractivity contribution in [3.05, 3.63) is 35.4 Å². The molecule has 1 saturated heterocycles. The lowest BCUT2D eigenvalue weighted by Crippen LogP contribution is -2.39. The average molecular weight is 328 g/mol. The number of halogens is 3. The van der Waals surface area contributed by atoms with Crippen LogP contribution in [-0.4, -0.2) is 19.0 Å². The van der Waals surface area contributed by atoms with Crippen LogP contribution in [0.2, 0.25) is 0 Å². The predicted octanol–water partition coefficient (Wildman–Crippen LogP) is 3.66. The molecule has 6 heteroatoms. The maximum Gasteiger partial charge on any atom is 0.416 e. The Morgan fingerprint density at radius 3 is 2.65 bits per heavy atom. The molecular weight excluding hydrogens is 305 g/mol. The predicted molar refractivity (Wildman–Crippen MR) is 82.8 cm³/mol. The first-order chi connectivity index (χ1) is 10.9. The number of benzene rings is 1. The number of hydrogen-bond donors (Lipinski definition) is 2. The van der Waals surface area contributed by atoms with Gasteiger partial charge < -0.3 is 10.6 Å². The van der Waals surface area contributed by atoms with E-state index in [-0.39, 0.29) is 17.9 Å². The van der Waals surface area contributed by atoms with E-state index >= 15 is 0 Å². The molecule has 3 nitrogen and oxygen atoms in total. The SMILES string of the molecule is CCCC(NC(=O)C1CCNCC1)c1cccc(C(F)(F)F)c1. The van der Waals surface area contributed by atoms with Gasteiger partial charge in [-0.1, -0.05) is 25.5 Å². The summed E-state index contributed by atoms with van der Waals surface area (Å²) in [6, 6.07) is 4.88. The summed E-state index contributed by atoms with van der Waals surface area (Å²) >= 11 is 0. The van der Waals surface area contributed by atoms with Gasteiger partial charge in [0, 0.05) is 5.92 Å². The summed E-state index contributed by atoms with van der Waals surface area (Å²) in [7, 11) is 0. The average Bonchev–Trinajstić information content (AvgIpc) is 2.54. The molecule has 1 amide bonds. The van der Waals surface area contributed by atoms with Gasteiger partial charge in [-0.2, -0.15) is 13.2 Å². The van der Waals surface area contributed by atoms with E-state index in [1.54, 1.807) is 6.07 Å². The van der Waals surface area contributed by atoms with Crippen LogP contribution >= 0.6 is 0 Å². The van der Waals surface area contributed by atoms with Crippen molar-refractivity contribution in [1.82, 2.24) is 10.6 Å². The van der Waals surface area contributed by atoms with Crippen LogP contribution in [0.25, 0.3) is 0 Å². The summed E-state index contributed by atoms with van der Waals surface area (Å²) in [5.41, 5.74) is -0.156. The van der Waals surface area contributed by atoms with Gasteiger partial charge in [0.1, 0.15) is 0 Å². The maximum atomic E-state index is 12.9. The number of rotatable bonds is 5. The van der Waals surface area contributed by atoms with Crippen molar-refractivity contribution < 1.29 is 18.0 Å². The number of carbonyl (C=O) groups excluding carboxylic acids is 1. The van der Waals surface area contributed by atoms with Crippen molar-refractivity contribution in [1.29, 1.82) is 0 Å². The van der Waals surface area contributed by atoms with E-state index in [4.69, 9.17) is 0 Å². The summed E-state index contributed by atoms with van der Waals surface area (Å²) in [6.07, 6.45) is -1.42. The molecule has 1 aliphatic heterocycles. The Kier molecular flexibility index (Phi) is 6.04. The molecule has 0 bridgehead atoms. The van der Waals surface area contributed by atoms with E-state index in [1.807, 2.05) is 6.92 Å². The van der Waals surface area contributed by atoms with Gasteiger partial charge in [0.2, 0.25) is 5.91 Å². The molecule has 23 heavy (non-hydrogen) atoms. The maximum absolute atomic E-state index is 12.9. The molecule has 0 spiro atoms. The Morgan fingerprint density at radius 2 is 2.04 bits per heavy atom. The van der Waals surface area contributed by atoms with Crippen molar-refractivity contribution in [3.8, 4) is 0 Å². The van der Waals surface area contributed by atoms with Crippen LogP contribution in [-0.2, 0) is 11.0 Å². The first-order valence-electron chi connectivity index (χ1n) is 8.10.